The first-order valence-corrected chi connectivity index (χ1v) is 33.6. The van der Waals surface area contributed by atoms with Gasteiger partial charge >= 0.3 is 0 Å². The predicted molar refractivity (Wildman–Crippen MR) is 410 cm³/mol. The molecule has 0 fully saturated rings. The molecule has 0 bridgehead atoms. The molecule has 8 heterocycles. The van der Waals surface area contributed by atoms with Gasteiger partial charge in [-0.1, -0.05) is 243 Å². The highest BCUT2D eigenvalue weighted by Gasteiger charge is 2.22. The van der Waals surface area contributed by atoms with Gasteiger partial charge in [0.15, 0.2) is 5.82 Å². The van der Waals surface area contributed by atoms with Crippen LogP contribution in [0.1, 0.15) is 0 Å². The van der Waals surface area contributed by atoms with Crippen LogP contribution in [0.3, 0.4) is 0 Å². The summed E-state index contributed by atoms with van der Waals surface area (Å²) in [5.41, 5.74) is 21.8. The van der Waals surface area contributed by atoms with E-state index in [2.05, 4.69) is 273 Å². The van der Waals surface area contributed by atoms with Gasteiger partial charge < -0.3 is 0 Å². The summed E-state index contributed by atoms with van der Waals surface area (Å²) in [4.78, 5) is 30.7. The molecule has 100 heavy (non-hydrogen) atoms. The van der Waals surface area contributed by atoms with E-state index < -0.39 is 0 Å². The number of benzene rings is 12. The molecule has 0 aliphatic heterocycles. The lowest BCUT2D eigenvalue weighted by atomic mass is 10.0. The van der Waals surface area contributed by atoms with Crippen molar-refractivity contribution in [3.05, 3.63) is 352 Å². The molecule has 0 N–H and O–H groups in total. The Kier molecular flexibility index (Phi) is 14.0. The van der Waals surface area contributed by atoms with E-state index in [1.165, 1.54) is 16.2 Å². The molecule has 10 heteroatoms. The number of rotatable bonds is 10. The molecule has 12 aromatic carbocycles. The maximum atomic E-state index is 5.18. The molecule has 20 aromatic rings. The van der Waals surface area contributed by atoms with E-state index in [1.54, 1.807) is 0 Å². The van der Waals surface area contributed by atoms with Crippen LogP contribution in [-0.4, -0.2) is 48.2 Å². The minimum absolute atomic E-state index is 0.640. The predicted octanol–water partition coefficient (Wildman–Crippen LogP) is 22.1. The maximum Gasteiger partial charge on any atom is 0.235 e. The highest BCUT2D eigenvalue weighted by Crippen LogP contribution is 2.41. The SMILES string of the molecule is c1ccc(-c2cc(-c3ccccc3)nc(-n3c4ccccc4c4cc(-c5cnc6c(c5)c5ccccc5n6-c5ccccc5)ccc43)n2)cc1.c1ccc(-c2cc(-n3c4ccccc4c4cc(-c5cnc6c(c5)c5ccccc5n6-c5ccccc5)ccc43)nc(-c3ccccc3)n2)cc1. The maximum absolute atomic E-state index is 5.18. The van der Waals surface area contributed by atoms with Crippen molar-refractivity contribution in [2.24, 2.45) is 0 Å². The minimum atomic E-state index is 0.640. The summed E-state index contributed by atoms with van der Waals surface area (Å²) in [6, 6.07) is 118. The van der Waals surface area contributed by atoms with E-state index in [9.17, 15) is 0 Å². The zero-order chi connectivity index (χ0) is 66.0. The lowest BCUT2D eigenvalue weighted by molar-refractivity contribution is 0.995. The number of pyridine rings is 2. The zero-order valence-corrected chi connectivity index (χ0v) is 54.0. The molecule has 0 amide bonds. The van der Waals surface area contributed by atoms with Crippen LogP contribution >= 0.6 is 0 Å². The molecule has 0 unspecified atom stereocenters. The first kappa shape index (κ1) is 57.7. The van der Waals surface area contributed by atoms with Crippen LogP contribution in [0.5, 0.6) is 0 Å². The van der Waals surface area contributed by atoms with Gasteiger partial charge in [0, 0.05) is 106 Å². The van der Waals surface area contributed by atoms with Crippen molar-refractivity contribution in [1.82, 2.24) is 48.2 Å². The van der Waals surface area contributed by atoms with Crippen molar-refractivity contribution in [3.63, 3.8) is 0 Å². The van der Waals surface area contributed by atoms with Crippen molar-refractivity contribution in [2.75, 3.05) is 0 Å². The molecule has 0 saturated carbocycles. The van der Waals surface area contributed by atoms with Gasteiger partial charge in [0.2, 0.25) is 5.95 Å². The highest BCUT2D eigenvalue weighted by molar-refractivity contribution is 6.14. The van der Waals surface area contributed by atoms with Crippen LogP contribution in [0.25, 0.3) is 178 Å². The summed E-state index contributed by atoms with van der Waals surface area (Å²) in [6.45, 7) is 0. The summed E-state index contributed by atoms with van der Waals surface area (Å²) in [5.74, 6) is 2.16. The van der Waals surface area contributed by atoms with Gasteiger partial charge in [-0.2, -0.15) is 0 Å². The minimum Gasteiger partial charge on any atom is -0.294 e. The fourth-order valence-corrected chi connectivity index (χ4v) is 14.5. The van der Waals surface area contributed by atoms with Gasteiger partial charge in [-0.05, 0) is 102 Å². The Morgan fingerprint density at radius 2 is 0.530 bits per heavy atom. The van der Waals surface area contributed by atoms with Gasteiger partial charge in [0.25, 0.3) is 0 Å². The average molecular weight is 1280 g/mol. The molecular formula is C90H58N10. The third-order valence-electron chi connectivity index (χ3n) is 19.2. The van der Waals surface area contributed by atoms with Crippen LogP contribution in [0.2, 0.25) is 0 Å². The van der Waals surface area contributed by atoms with Crippen LogP contribution < -0.4 is 0 Å². The lowest BCUT2D eigenvalue weighted by Crippen LogP contribution is -2.03. The quantitative estimate of drug-likeness (QED) is 0.135. The summed E-state index contributed by atoms with van der Waals surface area (Å²) in [7, 11) is 0. The largest absolute Gasteiger partial charge is 0.294 e. The second kappa shape index (κ2) is 24.2. The number of para-hydroxylation sites is 6. The third kappa shape index (κ3) is 9.96. The molecule has 0 atom stereocenters. The highest BCUT2D eigenvalue weighted by atomic mass is 15.2. The Bertz CT molecular complexity index is 5990. The number of aromatic nitrogens is 10. The fourth-order valence-electron chi connectivity index (χ4n) is 14.5. The number of fused-ring (bicyclic) bond motifs is 12. The van der Waals surface area contributed by atoms with Crippen LogP contribution in [0.4, 0.5) is 0 Å². The topological polar surface area (TPSA) is 97.1 Å². The smallest absolute Gasteiger partial charge is 0.235 e. The van der Waals surface area contributed by atoms with E-state index in [-0.39, 0.29) is 0 Å². The second-order valence-corrected chi connectivity index (χ2v) is 25.1. The third-order valence-corrected chi connectivity index (χ3v) is 19.2. The Morgan fingerprint density at radius 1 is 0.200 bits per heavy atom. The van der Waals surface area contributed by atoms with Crippen molar-refractivity contribution in [1.29, 1.82) is 0 Å². The Labute approximate surface area is 575 Å². The van der Waals surface area contributed by atoms with Crippen molar-refractivity contribution < 1.29 is 0 Å². The first-order chi connectivity index (χ1) is 49.6. The first-order valence-electron chi connectivity index (χ1n) is 33.6. The van der Waals surface area contributed by atoms with Gasteiger partial charge in [-0.25, -0.2) is 29.9 Å². The molecule has 20 rings (SSSR count). The van der Waals surface area contributed by atoms with E-state index >= 15 is 0 Å². The molecule has 0 spiro atoms. The Balaban J connectivity index is 0.000000139. The van der Waals surface area contributed by atoms with Gasteiger partial charge in [-0.15, -0.1) is 0 Å². The summed E-state index contributed by atoms with van der Waals surface area (Å²) >= 11 is 0. The monoisotopic (exact) mass is 1280 g/mol. The molecule has 10 nitrogen and oxygen atoms in total. The molecule has 0 aliphatic carbocycles. The Hall–Kier alpha value is -13.7. The zero-order valence-electron chi connectivity index (χ0n) is 54.0. The summed E-state index contributed by atoms with van der Waals surface area (Å²) in [5, 5.41) is 9.24. The van der Waals surface area contributed by atoms with Crippen LogP contribution in [0, 0.1) is 0 Å². The van der Waals surface area contributed by atoms with Crippen molar-refractivity contribution in [3.8, 4) is 90.6 Å². The molecule has 8 aromatic heterocycles. The second-order valence-electron chi connectivity index (χ2n) is 25.1. The number of hydrogen-bond acceptors (Lipinski definition) is 6. The van der Waals surface area contributed by atoms with Gasteiger partial charge in [0.05, 0.1) is 50.2 Å². The number of nitrogens with zero attached hydrogens (tertiary/aromatic N) is 10. The van der Waals surface area contributed by atoms with Crippen LogP contribution in [-0.2, 0) is 0 Å². The average Bonchev–Trinajstić information content (AvgIpc) is 1.56. The molecular weight excluding hydrogens is 1220 g/mol. The molecule has 0 saturated heterocycles. The summed E-state index contributed by atoms with van der Waals surface area (Å²) in [6.07, 6.45) is 4.00. The standard InChI is InChI=1S/2C45H29N5/c1-4-14-30(15-5-1)39-28-40(31-16-6-2-7-17-31)48-45(47-39)50-42-23-13-10-20-35(42)37-26-32(24-25-43(37)50)33-27-38-36-21-11-12-22-41(36)49(44(38)46-29-33)34-18-8-3-9-19-34;1-4-14-30(15-5-1)39-28-43(48-44(47-39)31-16-6-2-7-17-31)50-41-23-13-10-20-35(41)37-26-32(24-25-42(37)50)33-27-38-36-21-11-12-22-40(36)49(45(38)46-29-33)34-18-8-3-9-19-34/h2*1-29H. The van der Waals surface area contributed by atoms with Crippen molar-refractivity contribution in [2.45, 2.75) is 0 Å². The van der Waals surface area contributed by atoms with Gasteiger partial charge in [0.1, 0.15) is 17.1 Å². The van der Waals surface area contributed by atoms with E-state index in [0.29, 0.717) is 11.8 Å². The molecule has 0 radical (unpaired) electrons. The lowest BCUT2D eigenvalue weighted by Gasteiger charge is -2.12. The van der Waals surface area contributed by atoms with E-state index in [0.717, 1.165) is 150 Å². The Morgan fingerprint density at radius 3 is 0.970 bits per heavy atom. The number of hydrogen-bond donors (Lipinski definition) is 0. The molecule has 0 aliphatic rings. The van der Waals surface area contributed by atoms with E-state index in [4.69, 9.17) is 29.9 Å². The van der Waals surface area contributed by atoms with Gasteiger partial charge in [-0.3, -0.25) is 18.3 Å². The summed E-state index contributed by atoms with van der Waals surface area (Å²) < 4.78 is 8.96. The van der Waals surface area contributed by atoms with Crippen LogP contribution in [0.15, 0.2) is 352 Å². The van der Waals surface area contributed by atoms with Crippen molar-refractivity contribution >= 4 is 87.5 Å². The molecule has 468 valence electrons. The van der Waals surface area contributed by atoms with E-state index in [1.807, 2.05) is 97.3 Å². The normalized spacial score (nSPS) is 11.6. The fraction of sp³-hybridized carbons (Fsp3) is 0.